The van der Waals surface area contributed by atoms with Crippen molar-refractivity contribution in [1.29, 1.82) is 0 Å². The molecule has 6 nitrogen and oxygen atoms in total. The Bertz CT molecular complexity index is 547. The first kappa shape index (κ1) is 15.1. The summed E-state index contributed by atoms with van der Waals surface area (Å²) in [6.07, 6.45) is 1.78. The molecule has 1 aliphatic heterocycles. The molecule has 1 N–H and O–H groups in total. The molecule has 0 aromatic rings. The zero-order chi connectivity index (χ0) is 15.3. The van der Waals surface area contributed by atoms with Gasteiger partial charge in [-0.15, -0.1) is 0 Å². The van der Waals surface area contributed by atoms with Gasteiger partial charge < -0.3 is 0 Å². The molecule has 114 valence electrons. The van der Waals surface area contributed by atoms with Crippen molar-refractivity contribution < 1.29 is 28.0 Å². The second-order valence-corrected chi connectivity index (χ2v) is 10.2. The normalized spacial score (nSPS) is 40.9. The number of carboxylic acids is 1. The summed E-state index contributed by atoms with van der Waals surface area (Å²) in [4.78, 5) is 34.4. The molecule has 0 aromatic heterocycles. The van der Waals surface area contributed by atoms with Crippen LogP contribution in [-0.4, -0.2) is 49.7 Å². The Morgan fingerprint density at radius 3 is 2.86 bits per heavy atom. The molecule has 0 spiro atoms. The van der Waals surface area contributed by atoms with Gasteiger partial charge in [0.2, 0.25) is 0 Å². The summed E-state index contributed by atoms with van der Waals surface area (Å²) >= 11 is 1.85. The Morgan fingerprint density at radius 1 is 1.48 bits per heavy atom. The topological polar surface area (TPSA) is 89.9 Å². The number of fused-ring (bicyclic) bond motifs is 1. The van der Waals surface area contributed by atoms with Gasteiger partial charge in [0.1, 0.15) is 0 Å². The number of hydrogen-bond donors (Lipinski definition) is 1. The SMILES string of the molecule is CC(=CC(=O)O)C(=O)[O][GeH2][CH]1C2CC3C(OC(=O)C31)C2Br. The Hall–Kier alpha value is -0.827. The van der Waals surface area contributed by atoms with Crippen molar-refractivity contribution in [3.05, 3.63) is 11.6 Å². The maximum absolute atomic E-state index is 11.9. The third-order valence-corrected chi connectivity index (χ3v) is 10.00. The summed E-state index contributed by atoms with van der Waals surface area (Å²) < 4.78 is 10.9. The Balaban J connectivity index is 1.65. The van der Waals surface area contributed by atoms with Gasteiger partial charge in [-0.3, -0.25) is 0 Å². The van der Waals surface area contributed by atoms with Crippen LogP contribution in [0.4, 0.5) is 0 Å². The van der Waals surface area contributed by atoms with Gasteiger partial charge in [-0.25, -0.2) is 0 Å². The number of carbonyl (C=O) groups excluding carboxylic acids is 2. The van der Waals surface area contributed by atoms with E-state index >= 15 is 0 Å². The first-order chi connectivity index (χ1) is 9.90. The molecule has 3 aliphatic rings. The van der Waals surface area contributed by atoms with E-state index in [0.717, 1.165) is 12.5 Å². The maximum atomic E-state index is 11.9. The van der Waals surface area contributed by atoms with Gasteiger partial charge in [0.15, 0.2) is 0 Å². The Morgan fingerprint density at radius 2 is 2.19 bits per heavy atom. The van der Waals surface area contributed by atoms with Crippen LogP contribution in [0, 0.1) is 17.8 Å². The summed E-state index contributed by atoms with van der Waals surface area (Å²) in [5.41, 5.74) is 0.0820. The minimum atomic E-state index is -1.76. The van der Waals surface area contributed by atoms with Gasteiger partial charge in [0.05, 0.1) is 0 Å². The van der Waals surface area contributed by atoms with Crippen LogP contribution in [0.25, 0.3) is 0 Å². The number of hydrogen-bond acceptors (Lipinski definition) is 5. The Labute approximate surface area is 136 Å². The monoisotopic (exact) mass is 420 g/mol. The van der Waals surface area contributed by atoms with Gasteiger partial charge in [-0.1, -0.05) is 0 Å². The Kier molecular flexibility index (Phi) is 3.89. The summed E-state index contributed by atoms with van der Waals surface area (Å²) in [6.45, 7) is 1.42. The van der Waals surface area contributed by atoms with E-state index in [0.29, 0.717) is 5.92 Å². The van der Waals surface area contributed by atoms with Crippen molar-refractivity contribution in [2.75, 3.05) is 0 Å². The number of carbonyl (C=O) groups is 3. The van der Waals surface area contributed by atoms with Crippen molar-refractivity contribution in [3.63, 3.8) is 0 Å². The standard InChI is InChI=1S/C13H15BrGeO6/c1-4(2-7(16)17)12(18)21-15-10-6-3-5-8(10)13(19)20-11(5)9(6)14/h2,5-6,8-11H,3,15H2,1H3,(H,16,17). The molecule has 0 radical (unpaired) electrons. The molecule has 21 heavy (non-hydrogen) atoms. The fraction of sp³-hybridized carbons (Fsp3) is 0.615. The van der Waals surface area contributed by atoms with Crippen molar-refractivity contribution in [1.82, 2.24) is 0 Å². The molecule has 6 unspecified atom stereocenters. The molecule has 6 atom stereocenters. The van der Waals surface area contributed by atoms with E-state index in [-0.39, 0.29) is 39.1 Å². The number of rotatable bonds is 4. The van der Waals surface area contributed by atoms with E-state index in [2.05, 4.69) is 15.9 Å². The van der Waals surface area contributed by atoms with E-state index in [1.54, 1.807) is 0 Å². The van der Waals surface area contributed by atoms with Crippen molar-refractivity contribution in [3.8, 4) is 0 Å². The second-order valence-electron chi connectivity index (χ2n) is 5.86. The van der Waals surface area contributed by atoms with Gasteiger partial charge in [-0.2, -0.15) is 0 Å². The number of ether oxygens (including phenoxy) is 1. The van der Waals surface area contributed by atoms with E-state index in [4.69, 9.17) is 13.6 Å². The molecule has 3 fully saturated rings. The average Bonchev–Trinajstić information content (AvgIpc) is 2.99. The fourth-order valence-electron chi connectivity index (χ4n) is 3.88. The number of aliphatic carboxylic acids is 1. The number of carboxylic acid groups (broad SMARTS) is 1. The molecule has 3 rings (SSSR count). The van der Waals surface area contributed by atoms with Crippen LogP contribution < -0.4 is 0 Å². The van der Waals surface area contributed by atoms with Gasteiger partial charge in [0, 0.05) is 0 Å². The second kappa shape index (κ2) is 5.42. The first-order valence-corrected chi connectivity index (χ1v) is 10.7. The summed E-state index contributed by atoms with van der Waals surface area (Å²) in [5.74, 6) is -1.40. The van der Waals surface area contributed by atoms with E-state index in [1.807, 2.05) is 0 Å². The number of alkyl halides is 1. The third-order valence-electron chi connectivity index (χ3n) is 4.75. The quantitative estimate of drug-likeness (QED) is 0.307. The molecule has 0 amide bonds. The third kappa shape index (κ3) is 2.44. The first-order valence-electron chi connectivity index (χ1n) is 6.83. The molecular formula is C13H15BrGeO6. The van der Waals surface area contributed by atoms with E-state index in [1.165, 1.54) is 6.92 Å². The predicted octanol–water partition coefficient (Wildman–Crippen LogP) is 0.388. The fourth-order valence-corrected chi connectivity index (χ4v) is 10.1. The van der Waals surface area contributed by atoms with Gasteiger partial charge in [0.25, 0.3) is 0 Å². The predicted molar refractivity (Wildman–Crippen MR) is 77.5 cm³/mol. The van der Waals surface area contributed by atoms with Crippen molar-refractivity contribution >= 4 is 49.6 Å². The van der Waals surface area contributed by atoms with Crippen LogP contribution in [0.15, 0.2) is 11.6 Å². The molecule has 2 saturated carbocycles. The molecule has 0 aromatic carbocycles. The molecule has 1 saturated heterocycles. The zero-order valence-corrected chi connectivity index (χ0v) is 15.9. The van der Waals surface area contributed by atoms with Crippen LogP contribution in [0.5, 0.6) is 0 Å². The van der Waals surface area contributed by atoms with Crippen LogP contribution >= 0.6 is 15.9 Å². The van der Waals surface area contributed by atoms with Crippen LogP contribution in [0.1, 0.15) is 13.3 Å². The summed E-state index contributed by atoms with van der Waals surface area (Å²) in [5, 5.41) is 8.62. The van der Waals surface area contributed by atoms with Crippen LogP contribution in [-0.2, 0) is 22.9 Å². The van der Waals surface area contributed by atoms with Gasteiger partial charge in [-0.05, 0) is 0 Å². The van der Waals surface area contributed by atoms with E-state index < -0.39 is 27.7 Å². The molecule has 2 bridgehead atoms. The molecule has 1 heterocycles. The zero-order valence-electron chi connectivity index (χ0n) is 11.3. The summed E-state index contributed by atoms with van der Waals surface area (Å²) in [7, 11) is 0. The minimum absolute atomic E-state index is 0.0181. The van der Waals surface area contributed by atoms with Crippen LogP contribution in [0.2, 0.25) is 4.75 Å². The van der Waals surface area contributed by atoms with Gasteiger partial charge >= 0.3 is 136 Å². The van der Waals surface area contributed by atoms with Crippen molar-refractivity contribution in [2.45, 2.75) is 29.0 Å². The van der Waals surface area contributed by atoms with Crippen molar-refractivity contribution in [2.24, 2.45) is 17.8 Å². The van der Waals surface area contributed by atoms with Crippen LogP contribution in [0.3, 0.4) is 0 Å². The number of esters is 1. The number of halogens is 1. The average molecular weight is 420 g/mol. The summed E-state index contributed by atoms with van der Waals surface area (Å²) in [6, 6.07) is 0. The molecular weight excluding hydrogens is 405 g/mol. The molecule has 8 heteroatoms. The van der Waals surface area contributed by atoms with E-state index in [9.17, 15) is 14.4 Å². The molecule has 2 aliphatic carbocycles.